The summed E-state index contributed by atoms with van der Waals surface area (Å²) in [5.74, 6) is 1.85. The third-order valence-corrected chi connectivity index (χ3v) is 5.28. The first kappa shape index (κ1) is 21.2. The molecule has 0 unspecified atom stereocenters. The summed E-state index contributed by atoms with van der Waals surface area (Å²) in [7, 11) is 3.44. The molecule has 0 bridgehead atoms. The first-order valence-electron chi connectivity index (χ1n) is 10.3. The number of hydrogen-bond donors (Lipinski definition) is 0. The molecule has 1 aliphatic rings. The lowest BCUT2D eigenvalue weighted by Crippen LogP contribution is -2.31. The zero-order valence-electron chi connectivity index (χ0n) is 17.6. The van der Waals surface area contributed by atoms with Crippen molar-refractivity contribution >= 4 is 12.2 Å². The molecule has 154 valence electrons. The molecule has 0 aliphatic carbocycles. The summed E-state index contributed by atoms with van der Waals surface area (Å²) in [5.41, 5.74) is 2.26. The zero-order valence-corrected chi connectivity index (χ0v) is 17.6. The van der Waals surface area contributed by atoms with Crippen LogP contribution in [0, 0.1) is 0 Å². The molecule has 1 aliphatic heterocycles. The summed E-state index contributed by atoms with van der Waals surface area (Å²) in [6.45, 7) is 6.43. The highest BCUT2D eigenvalue weighted by Crippen LogP contribution is 2.19. The van der Waals surface area contributed by atoms with Crippen LogP contribution in [-0.4, -0.2) is 63.3 Å². The first-order chi connectivity index (χ1) is 14.3. The summed E-state index contributed by atoms with van der Waals surface area (Å²) in [5, 5.41) is 0. The van der Waals surface area contributed by atoms with E-state index in [4.69, 9.17) is 9.47 Å². The second-order valence-corrected chi connectivity index (χ2v) is 7.24. The second-order valence-electron chi connectivity index (χ2n) is 7.24. The Kier molecular flexibility index (Phi) is 8.35. The Labute approximate surface area is 175 Å². The van der Waals surface area contributed by atoms with Crippen molar-refractivity contribution in [3.63, 3.8) is 0 Å². The van der Waals surface area contributed by atoms with E-state index < -0.39 is 0 Å². The molecule has 1 saturated heterocycles. The average Bonchev–Trinajstić information content (AvgIpc) is 3.00. The Morgan fingerprint density at radius 2 is 1.14 bits per heavy atom. The van der Waals surface area contributed by atoms with Crippen LogP contribution in [0.3, 0.4) is 0 Å². The molecular formula is C25H32N2O2. The van der Waals surface area contributed by atoms with E-state index in [-0.39, 0.29) is 0 Å². The van der Waals surface area contributed by atoms with Gasteiger partial charge in [-0.3, -0.25) is 9.80 Å². The number of hydrogen-bond acceptors (Lipinski definition) is 4. The van der Waals surface area contributed by atoms with Gasteiger partial charge in [0.1, 0.15) is 11.5 Å². The third kappa shape index (κ3) is 6.48. The van der Waals surface area contributed by atoms with Gasteiger partial charge in [0.15, 0.2) is 0 Å². The molecule has 0 atom stereocenters. The van der Waals surface area contributed by atoms with E-state index in [2.05, 4.69) is 46.2 Å². The largest absolute Gasteiger partial charge is 0.496 e. The van der Waals surface area contributed by atoms with Crippen molar-refractivity contribution in [3.8, 4) is 11.5 Å². The molecule has 0 saturated carbocycles. The van der Waals surface area contributed by atoms with Gasteiger partial charge in [-0.2, -0.15) is 0 Å². The summed E-state index contributed by atoms with van der Waals surface area (Å²) in [4.78, 5) is 5.05. The van der Waals surface area contributed by atoms with Crippen LogP contribution >= 0.6 is 0 Å². The smallest absolute Gasteiger partial charge is 0.126 e. The normalized spacial score (nSPS) is 16.3. The second kappa shape index (κ2) is 11.4. The van der Waals surface area contributed by atoms with E-state index in [1.54, 1.807) is 14.2 Å². The summed E-state index contributed by atoms with van der Waals surface area (Å²) < 4.78 is 10.8. The topological polar surface area (TPSA) is 24.9 Å². The van der Waals surface area contributed by atoms with Gasteiger partial charge in [-0.05, 0) is 31.6 Å². The lowest BCUT2D eigenvalue weighted by molar-refractivity contribution is 0.287. The predicted molar refractivity (Wildman–Crippen MR) is 122 cm³/mol. The molecule has 0 aromatic heterocycles. The number of benzene rings is 2. The van der Waals surface area contributed by atoms with Gasteiger partial charge >= 0.3 is 0 Å². The monoisotopic (exact) mass is 392 g/mol. The van der Waals surface area contributed by atoms with E-state index in [1.165, 1.54) is 6.42 Å². The van der Waals surface area contributed by atoms with Gasteiger partial charge in [-0.1, -0.05) is 60.7 Å². The molecule has 4 heteroatoms. The maximum Gasteiger partial charge on any atom is 0.126 e. The SMILES string of the molecule is COc1ccccc1/C=C/CN1CCCN(C/C=C/c2ccccc2OC)CC1. The van der Waals surface area contributed by atoms with Gasteiger partial charge in [-0.15, -0.1) is 0 Å². The van der Waals surface area contributed by atoms with Gasteiger partial charge in [0, 0.05) is 37.3 Å². The highest BCUT2D eigenvalue weighted by molar-refractivity contribution is 5.57. The molecular weight excluding hydrogens is 360 g/mol. The van der Waals surface area contributed by atoms with Crippen molar-refractivity contribution in [1.29, 1.82) is 0 Å². The van der Waals surface area contributed by atoms with Crippen molar-refractivity contribution in [1.82, 2.24) is 9.80 Å². The number of para-hydroxylation sites is 2. The minimum atomic E-state index is 0.924. The van der Waals surface area contributed by atoms with Crippen LogP contribution in [0.15, 0.2) is 60.7 Å². The molecule has 0 N–H and O–H groups in total. The lowest BCUT2D eigenvalue weighted by atomic mass is 10.2. The van der Waals surface area contributed by atoms with Crippen molar-refractivity contribution in [3.05, 3.63) is 71.8 Å². The van der Waals surface area contributed by atoms with E-state index in [9.17, 15) is 0 Å². The highest BCUT2D eigenvalue weighted by atomic mass is 16.5. The van der Waals surface area contributed by atoms with Gasteiger partial charge in [0.2, 0.25) is 0 Å². The van der Waals surface area contributed by atoms with Gasteiger partial charge in [0.25, 0.3) is 0 Å². The minimum absolute atomic E-state index is 0.924. The molecule has 2 aromatic carbocycles. The van der Waals surface area contributed by atoms with Gasteiger partial charge in [-0.25, -0.2) is 0 Å². The summed E-state index contributed by atoms with van der Waals surface area (Å²) in [6, 6.07) is 16.3. The van der Waals surface area contributed by atoms with Crippen LogP contribution < -0.4 is 9.47 Å². The molecule has 1 heterocycles. The van der Waals surface area contributed by atoms with Crippen LogP contribution in [0.1, 0.15) is 17.5 Å². The molecule has 0 radical (unpaired) electrons. The number of methoxy groups -OCH3 is 2. The summed E-state index contributed by atoms with van der Waals surface area (Å²) in [6.07, 6.45) is 10.0. The molecule has 3 rings (SSSR count). The highest BCUT2D eigenvalue weighted by Gasteiger charge is 2.12. The Bertz CT molecular complexity index is 748. The van der Waals surface area contributed by atoms with Crippen LogP contribution in [-0.2, 0) is 0 Å². The lowest BCUT2D eigenvalue weighted by Gasteiger charge is -2.19. The fourth-order valence-electron chi connectivity index (χ4n) is 3.66. The van der Waals surface area contributed by atoms with Crippen molar-refractivity contribution in [2.45, 2.75) is 6.42 Å². The minimum Gasteiger partial charge on any atom is -0.496 e. The first-order valence-corrected chi connectivity index (χ1v) is 10.3. The van der Waals surface area contributed by atoms with Crippen molar-refractivity contribution in [2.75, 3.05) is 53.5 Å². The number of rotatable bonds is 8. The molecule has 29 heavy (non-hydrogen) atoms. The fraction of sp³-hybridized carbons (Fsp3) is 0.360. The predicted octanol–water partition coefficient (Wildman–Crippen LogP) is 4.44. The van der Waals surface area contributed by atoms with Crippen LogP contribution in [0.5, 0.6) is 11.5 Å². The molecule has 0 amide bonds. The van der Waals surface area contributed by atoms with E-state index in [0.29, 0.717) is 0 Å². The Morgan fingerprint density at radius 1 is 0.690 bits per heavy atom. The van der Waals surface area contributed by atoms with Crippen LogP contribution in [0.2, 0.25) is 0 Å². The quantitative estimate of drug-likeness (QED) is 0.663. The van der Waals surface area contributed by atoms with Crippen LogP contribution in [0.4, 0.5) is 0 Å². The Balaban J connectivity index is 1.46. The van der Waals surface area contributed by atoms with Gasteiger partial charge in [0.05, 0.1) is 14.2 Å². The zero-order chi connectivity index (χ0) is 20.3. The van der Waals surface area contributed by atoms with Gasteiger partial charge < -0.3 is 9.47 Å². The molecule has 1 fully saturated rings. The number of ether oxygens (including phenoxy) is 2. The fourth-order valence-corrected chi connectivity index (χ4v) is 3.66. The molecule has 0 spiro atoms. The standard InChI is InChI=1S/C25H32N2O2/c1-28-24-14-5-3-10-22(24)12-7-16-26-18-9-19-27(21-20-26)17-8-13-23-11-4-6-15-25(23)29-2/h3-8,10-15H,9,16-21H2,1-2H3/b12-7+,13-8+. The van der Waals surface area contributed by atoms with E-state index >= 15 is 0 Å². The average molecular weight is 393 g/mol. The van der Waals surface area contributed by atoms with E-state index in [1.807, 2.05) is 36.4 Å². The van der Waals surface area contributed by atoms with Crippen molar-refractivity contribution in [2.24, 2.45) is 0 Å². The molecule has 4 nitrogen and oxygen atoms in total. The maximum atomic E-state index is 5.42. The summed E-state index contributed by atoms with van der Waals surface area (Å²) >= 11 is 0. The third-order valence-electron chi connectivity index (χ3n) is 5.28. The van der Waals surface area contributed by atoms with E-state index in [0.717, 1.165) is 61.9 Å². The Morgan fingerprint density at radius 3 is 1.59 bits per heavy atom. The van der Waals surface area contributed by atoms with Crippen molar-refractivity contribution < 1.29 is 9.47 Å². The molecule has 2 aromatic rings. The Hall–Kier alpha value is -2.56. The maximum absolute atomic E-state index is 5.42. The van der Waals surface area contributed by atoms with Crippen LogP contribution in [0.25, 0.3) is 12.2 Å². The number of nitrogens with zero attached hydrogens (tertiary/aromatic N) is 2.